The third-order valence-corrected chi connectivity index (χ3v) is 3.66. The van der Waals surface area contributed by atoms with Crippen LogP contribution in [0, 0.1) is 0 Å². The second kappa shape index (κ2) is 9.33. The van der Waals surface area contributed by atoms with Gasteiger partial charge in [0.15, 0.2) is 11.5 Å². The summed E-state index contributed by atoms with van der Waals surface area (Å²) in [6, 6.07) is 9.72. The highest BCUT2D eigenvalue weighted by atomic mass is 16.5. The van der Waals surface area contributed by atoms with Crippen molar-refractivity contribution in [1.82, 2.24) is 5.32 Å². The van der Waals surface area contributed by atoms with Gasteiger partial charge in [-0.2, -0.15) is 0 Å². The lowest BCUT2D eigenvalue weighted by Crippen LogP contribution is -2.28. The van der Waals surface area contributed by atoms with Crippen LogP contribution in [0.4, 0.5) is 16.2 Å². The second-order valence-electron chi connectivity index (χ2n) is 5.40. The number of anilines is 2. The van der Waals surface area contributed by atoms with Crippen molar-refractivity contribution < 1.29 is 23.8 Å². The quantitative estimate of drug-likeness (QED) is 0.693. The molecule has 0 atom stereocenters. The Morgan fingerprint density at radius 2 is 1.56 bits per heavy atom. The third kappa shape index (κ3) is 4.81. The molecule has 0 aliphatic carbocycles. The van der Waals surface area contributed by atoms with Gasteiger partial charge >= 0.3 is 6.03 Å². The first-order chi connectivity index (χ1) is 13.0. The molecule has 0 aromatic heterocycles. The molecule has 0 heterocycles. The van der Waals surface area contributed by atoms with Gasteiger partial charge in [0.05, 0.1) is 26.9 Å². The number of carbonyl (C=O) groups excluding carboxylic acids is 2. The number of methoxy groups -OCH3 is 3. The van der Waals surface area contributed by atoms with Crippen molar-refractivity contribution in [1.29, 1.82) is 0 Å². The lowest BCUT2D eigenvalue weighted by atomic mass is 10.1. The summed E-state index contributed by atoms with van der Waals surface area (Å²) in [4.78, 5) is 24.3. The number of urea groups is 1. The van der Waals surface area contributed by atoms with Crippen LogP contribution in [0.25, 0.3) is 0 Å². The van der Waals surface area contributed by atoms with Crippen LogP contribution in [0.1, 0.15) is 17.3 Å². The van der Waals surface area contributed by atoms with E-state index in [4.69, 9.17) is 14.2 Å². The van der Waals surface area contributed by atoms with E-state index in [-0.39, 0.29) is 23.3 Å². The monoisotopic (exact) mass is 373 g/mol. The molecule has 0 saturated heterocycles. The molecule has 2 rings (SSSR count). The summed E-state index contributed by atoms with van der Waals surface area (Å²) in [5, 5.41) is 8.11. The molecular formula is C19H23N3O5. The molecule has 8 nitrogen and oxygen atoms in total. The van der Waals surface area contributed by atoms with Gasteiger partial charge in [-0.05, 0) is 37.3 Å². The predicted molar refractivity (Wildman–Crippen MR) is 103 cm³/mol. The maximum atomic E-state index is 12.7. The summed E-state index contributed by atoms with van der Waals surface area (Å²) in [5.74, 6) is 0.673. The van der Waals surface area contributed by atoms with Crippen LogP contribution in [-0.4, -0.2) is 39.8 Å². The highest BCUT2D eigenvalue weighted by molar-refractivity contribution is 6.07. The first-order valence-corrected chi connectivity index (χ1v) is 8.29. The Bertz CT molecular complexity index is 823. The molecule has 144 valence electrons. The van der Waals surface area contributed by atoms with Crippen molar-refractivity contribution in [2.45, 2.75) is 6.92 Å². The third-order valence-electron chi connectivity index (χ3n) is 3.66. The van der Waals surface area contributed by atoms with E-state index in [9.17, 15) is 9.59 Å². The van der Waals surface area contributed by atoms with Crippen LogP contribution < -0.4 is 30.2 Å². The molecule has 3 amide bonds. The molecular weight excluding hydrogens is 350 g/mol. The number of ether oxygens (including phenoxy) is 3. The van der Waals surface area contributed by atoms with Gasteiger partial charge in [-0.15, -0.1) is 0 Å². The van der Waals surface area contributed by atoms with Gasteiger partial charge in [-0.25, -0.2) is 4.79 Å². The Kier molecular flexibility index (Phi) is 6.87. The zero-order valence-corrected chi connectivity index (χ0v) is 15.7. The molecule has 0 fully saturated rings. The van der Waals surface area contributed by atoms with Crippen LogP contribution in [0.15, 0.2) is 36.4 Å². The summed E-state index contributed by atoms with van der Waals surface area (Å²) < 4.78 is 15.9. The van der Waals surface area contributed by atoms with E-state index >= 15 is 0 Å². The zero-order valence-electron chi connectivity index (χ0n) is 15.7. The fraction of sp³-hybridized carbons (Fsp3) is 0.263. The lowest BCUT2D eigenvalue weighted by molar-refractivity contribution is 0.102. The summed E-state index contributed by atoms with van der Waals surface area (Å²) in [5.41, 5.74) is 1.36. The van der Waals surface area contributed by atoms with E-state index in [0.717, 1.165) is 0 Å². The van der Waals surface area contributed by atoms with E-state index in [1.807, 2.05) is 6.92 Å². The highest BCUT2D eigenvalue weighted by Crippen LogP contribution is 2.39. The number of carbonyl (C=O) groups is 2. The average molecular weight is 373 g/mol. The predicted octanol–water partition coefficient (Wildman–Crippen LogP) is 3.11. The first-order valence-electron chi connectivity index (χ1n) is 8.29. The Morgan fingerprint density at radius 1 is 0.889 bits per heavy atom. The molecule has 27 heavy (non-hydrogen) atoms. The second-order valence-corrected chi connectivity index (χ2v) is 5.40. The molecule has 0 aliphatic rings. The van der Waals surface area contributed by atoms with Gasteiger partial charge in [-0.1, -0.05) is 6.07 Å². The van der Waals surface area contributed by atoms with Crippen LogP contribution >= 0.6 is 0 Å². The maximum Gasteiger partial charge on any atom is 0.319 e. The summed E-state index contributed by atoms with van der Waals surface area (Å²) in [6.07, 6.45) is 0. The standard InChI is InChI=1S/C19H23N3O5/c1-5-20-19(24)22-13-8-6-7-12(11-13)21-18(23)14-9-10-15(25-2)17(27-4)16(14)26-3/h6-11H,5H2,1-4H3,(H,21,23)(H2,20,22,24). The molecule has 2 aromatic rings. The van der Waals surface area contributed by atoms with E-state index < -0.39 is 0 Å². The van der Waals surface area contributed by atoms with E-state index in [2.05, 4.69) is 16.0 Å². The number of hydrogen-bond acceptors (Lipinski definition) is 5. The largest absolute Gasteiger partial charge is 0.493 e. The fourth-order valence-electron chi connectivity index (χ4n) is 2.49. The molecule has 0 radical (unpaired) electrons. The molecule has 0 unspecified atom stereocenters. The van der Waals surface area contributed by atoms with Gasteiger partial charge in [0.1, 0.15) is 0 Å². The SMILES string of the molecule is CCNC(=O)Nc1cccc(NC(=O)c2ccc(OC)c(OC)c2OC)c1. The number of nitrogens with one attached hydrogen (secondary N) is 3. The minimum absolute atomic E-state index is 0.269. The van der Waals surface area contributed by atoms with Crippen molar-refractivity contribution in [3.8, 4) is 17.2 Å². The van der Waals surface area contributed by atoms with E-state index in [1.54, 1.807) is 36.4 Å². The molecule has 8 heteroatoms. The van der Waals surface area contributed by atoms with Gasteiger partial charge in [0.2, 0.25) is 5.75 Å². The Balaban J connectivity index is 2.24. The molecule has 0 saturated carbocycles. The molecule has 0 bridgehead atoms. The normalized spacial score (nSPS) is 9.93. The highest BCUT2D eigenvalue weighted by Gasteiger charge is 2.20. The molecule has 3 N–H and O–H groups in total. The number of benzene rings is 2. The van der Waals surface area contributed by atoms with Gasteiger partial charge in [0.25, 0.3) is 5.91 Å². The summed E-state index contributed by atoms with van der Waals surface area (Å²) in [7, 11) is 4.42. The maximum absolute atomic E-state index is 12.7. The lowest BCUT2D eigenvalue weighted by Gasteiger charge is -2.15. The minimum Gasteiger partial charge on any atom is -0.493 e. The van der Waals surface area contributed by atoms with Crippen molar-refractivity contribution in [2.24, 2.45) is 0 Å². The van der Waals surface area contributed by atoms with Gasteiger partial charge in [-0.3, -0.25) is 4.79 Å². The zero-order chi connectivity index (χ0) is 19.8. The number of rotatable bonds is 7. The van der Waals surface area contributed by atoms with Crippen LogP contribution in [0.5, 0.6) is 17.2 Å². The smallest absolute Gasteiger partial charge is 0.319 e. The minimum atomic E-state index is -0.386. The molecule has 0 aliphatic heterocycles. The summed E-state index contributed by atoms with van der Waals surface area (Å²) >= 11 is 0. The average Bonchev–Trinajstić information content (AvgIpc) is 2.66. The van der Waals surface area contributed by atoms with Crippen LogP contribution in [0.3, 0.4) is 0 Å². The van der Waals surface area contributed by atoms with Crippen molar-refractivity contribution in [3.63, 3.8) is 0 Å². The van der Waals surface area contributed by atoms with Gasteiger partial charge in [0, 0.05) is 17.9 Å². The molecule has 0 spiro atoms. The van der Waals surface area contributed by atoms with Crippen molar-refractivity contribution >= 4 is 23.3 Å². The number of amides is 3. The Labute approximate surface area is 157 Å². The van der Waals surface area contributed by atoms with Crippen LogP contribution in [-0.2, 0) is 0 Å². The first kappa shape index (κ1) is 19.9. The Morgan fingerprint density at radius 3 is 2.15 bits per heavy atom. The number of hydrogen-bond donors (Lipinski definition) is 3. The van der Waals surface area contributed by atoms with Crippen LogP contribution in [0.2, 0.25) is 0 Å². The Hall–Kier alpha value is -3.42. The van der Waals surface area contributed by atoms with Crippen molar-refractivity contribution in [2.75, 3.05) is 38.5 Å². The topological polar surface area (TPSA) is 97.9 Å². The van der Waals surface area contributed by atoms with E-state index in [1.165, 1.54) is 21.3 Å². The fourth-order valence-corrected chi connectivity index (χ4v) is 2.49. The molecule has 2 aromatic carbocycles. The van der Waals surface area contributed by atoms with E-state index in [0.29, 0.717) is 29.4 Å². The van der Waals surface area contributed by atoms with Crippen molar-refractivity contribution in [3.05, 3.63) is 42.0 Å². The van der Waals surface area contributed by atoms with Gasteiger partial charge < -0.3 is 30.2 Å². The summed E-state index contributed by atoms with van der Waals surface area (Å²) in [6.45, 7) is 2.34.